The minimum Gasteiger partial charge on any atom is -0.352 e. The van der Waals surface area contributed by atoms with E-state index >= 15 is 0 Å². The molecule has 1 aliphatic rings. The third-order valence-electron chi connectivity index (χ3n) is 2.93. The van der Waals surface area contributed by atoms with Crippen molar-refractivity contribution in [3.8, 4) is 0 Å². The lowest BCUT2D eigenvalue weighted by molar-refractivity contribution is -0.121. The number of carbonyl (C=O) groups is 1. The zero-order valence-corrected chi connectivity index (χ0v) is 10.1. The van der Waals surface area contributed by atoms with E-state index in [9.17, 15) is 4.79 Å². The monoisotopic (exact) mass is 212 g/mol. The Labute approximate surface area is 93.2 Å². The minimum atomic E-state index is 0.236. The van der Waals surface area contributed by atoms with Crippen LogP contribution in [0.15, 0.2) is 0 Å². The van der Waals surface area contributed by atoms with E-state index in [4.69, 9.17) is 0 Å². The lowest BCUT2D eigenvalue weighted by Gasteiger charge is -2.15. The number of likely N-dealkylation sites (tertiary alicyclic amines) is 1. The summed E-state index contributed by atoms with van der Waals surface area (Å²) < 4.78 is 0. The molecule has 1 unspecified atom stereocenters. The van der Waals surface area contributed by atoms with Crippen LogP contribution >= 0.6 is 0 Å². The fourth-order valence-corrected chi connectivity index (χ4v) is 2.11. The molecule has 88 valence electrons. The third-order valence-corrected chi connectivity index (χ3v) is 2.93. The van der Waals surface area contributed by atoms with Crippen LogP contribution in [0.3, 0.4) is 0 Å². The second-order valence-corrected chi connectivity index (χ2v) is 4.46. The second kappa shape index (κ2) is 6.83. The summed E-state index contributed by atoms with van der Waals surface area (Å²) in [7, 11) is 0. The van der Waals surface area contributed by atoms with E-state index in [1.54, 1.807) is 0 Å². The van der Waals surface area contributed by atoms with Gasteiger partial charge >= 0.3 is 0 Å². The summed E-state index contributed by atoms with van der Waals surface area (Å²) in [6.45, 7) is 7.68. The maximum absolute atomic E-state index is 11.5. The molecular formula is C12H24N2O. The van der Waals surface area contributed by atoms with Gasteiger partial charge in [-0.15, -0.1) is 0 Å². The van der Waals surface area contributed by atoms with Crippen molar-refractivity contribution in [3.63, 3.8) is 0 Å². The van der Waals surface area contributed by atoms with Gasteiger partial charge in [-0.2, -0.15) is 0 Å². The number of nitrogens with one attached hydrogen (secondary N) is 1. The van der Waals surface area contributed by atoms with Crippen LogP contribution in [0.2, 0.25) is 0 Å². The summed E-state index contributed by atoms with van der Waals surface area (Å²) in [4.78, 5) is 13.9. The molecular weight excluding hydrogens is 188 g/mol. The average Bonchev–Trinajstić information content (AvgIpc) is 2.63. The van der Waals surface area contributed by atoms with Gasteiger partial charge in [0.05, 0.1) is 0 Å². The van der Waals surface area contributed by atoms with Crippen molar-refractivity contribution in [1.29, 1.82) is 0 Å². The van der Waals surface area contributed by atoms with Gasteiger partial charge in [0.25, 0.3) is 0 Å². The molecule has 0 saturated carbocycles. The van der Waals surface area contributed by atoms with Crippen LogP contribution in [-0.4, -0.2) is 36.5 Å². The van der Waals surface area contributed by atoms with Gasteiger partial charge in [-0.05, 0) is 25.8 Å². The molecule has 3 nitrogen and oxygen atoms in total. The number of carbonyl (C=O) groups excluding carboxylic acids is 1. The molecule has 1 saturated heterocycles. The zero-order chi connectivity index (χ0) is 11.1. The number of amides is 1. The Morgan fingerprint density at radius 2 is 2.20 bits per heavy atom. The standard InChI is InChI=1S/C12H24N2O/c1-3-5-6-12(15)13-11-7-9-14(10-11)8-4-2/h11H,3-10H2,1-2H3,(H,13,15). The Kier molecular flexibility index (Phi) is 5.69. The molecule has 0 aromatic rings. The summed E-state index contributed by atoms with van der Waals surface area (Å²) in [5.41, 5.74) is 0. The Morgan fingerprint density at radius 1 is 1.40 bits per heavy atom. The SMILES string of the molecule is CCCCC(=O)NC1CCN(CCC)C1. The van der Waals surface area contributed by atoms with Crippen molar-refractivity contribution in [2.75, 3.05) is 19.6 Å². The van der Waals surface area contributed by atoms with Gasteiger partial charge in [0.1, 0.15) is 0 Å². The largest absolute Gasteiger partial charge is 0.352 e. The number of rotatable bonds is 6. The third kappa shape index (κ3) is 4.65. The molecule has 1 heterocycles. The van der Waals surface area contributed by atoms with Crippen LogP contribution in [0.5, 0.6) is 0 Å². The van der Waals surface area contributed by atoms with Gasteiger partial charge in [-0.3, -0.25) is 4.79 Å². The van der Waals surface area contributed by atoms with Crippen LogP contribution in [0.4, 0.5) is 0 Å². The lowest BCUT2D eigenvalue weighted by atomic mass is 10.2. The van der Waals surface area contributed by atoms with E-state index in [0.717, 1.165) is 32.4 Å². The van der Waals surface area contributed by atoms with Gasteiger partial charge in [0.2, 0.25) is 5.91 Å². The van der Waals surface area contributed by atoms with Crippen molar-refractivity contribution >= 4 is 5.91 Å². The number of unbranched alkanes of at least 4 members (excludes halogenated alkanes) is 1. The van der Waals surface area contributed by atoms with Crippen LogP contribution in [0.1, 0.15) is 46.0 Å². The van der Waals surface area contributed by atoms with Gasteiger partial charge in [-0.25, -0.2) is 0 Å². The zero-order valence-electron chi connectivity index (χ0n) is 10.1. The summed E-state index contributed by atoms with van der Waals surface area (Å²) >= 11 is 0. The molecule has 0 aliphatic carbocycles. The molecule has 0 bridgehead atoms. The molecule has 1 atom stereocenters. The molecule has 3 heteroatoms. The van der Waals surface area contributed by atoms with E-state index in [1.807, 2.05) is 0 Å². The van der Waals surface area contributed by atoms with Gasteiger partial charge in [-0.1, -0.05) is 20.3 Å². The summed E-state index contributed by atoms with van der Waals surface area (Å²) in [5.74, 6) is 0.236. The molecule has 1 fully saturated rings. The summed E-state index contributed by atoms with van der Waals surface area (Å²) in [6, 6.07) is 0.404. The molecule has 0 spiro atoms. The Morgan fingerprint density at radius 3 is 2.87 bits per heavy atom. The first-order chi connectivity index (χ1) is 7.26. The Hall–Kier alpha value is -0.570. The first-order valence-electron chi connectivity index (χ1n) is 6.28. The number of hydrogen-bond donors (Lipinski definition) is 1. The fraction of sp³-hybridized carbons (Fsp3) is 0.917. The molecule has 1 amide bonds. The molecule has 1 rings (SSSR count). The van der Waals surface area contributed by atoms with Crippen molar-refractivity contribution in [1.82, 2.24) is 10.2 Å². The van der Waals surface area contributed by atoms with Crippen LogP contribution in [0, 0.1) is 0 Å². The van der Waals surface area contributed by atoms with E-state index < -0.39 is 0 Å². The van der Waals surface area contributed by atoms with Gasteiger partial charge in [0.15, 0.2) is 0 Å². The normalized spacial score (nSPS) is 21.9. The molecule has 0 radical (unpaired) electrons. The minimum absolute atomic E-state index is 0.236. The maximum atomic E-state index is 11.5. The quantitative estimate of drug-likeness (QED) is 0.728. The predicted molar refractivity (Wildman–Crippen MR) is 62.8 cm³/mol. The maximum Gasteiger partial charge on any atom is 0.220 e. The molecule has 15 heavy (non-hydrogen) atoms. The number of nitrogens with zero attached hydrogens (tertiary/aromatic N) is 1. The highest BCUT2D eigenvalue weighted by Crippen LogP contribution is 2.09. The fourth-order valence-electron chi connectivity index (χ4n) is 2.11. The number of hydrogen-bond acceptors (Lipinski definition) is 2. The van der Waals surface area contributed by atoms with Crippen molar-refractivity contribution in [2.24, 2.45) is 0 Å². The topological polar surface area (TPSA) is 32.3 Å². The van der Waals surface area contributed by atoms with Crippen molar-refractivity contribution in [3.05, 3.63) is 0 Å². The van der Waals surface area contributed by atoms with Gasteiger partial charge < -0.3 is 10.2 Å². The van der Waals surface area contributed by atoms with Crippen LogP contribution in [0.25, 0.3) is 0 Å². The van der Waals surface area contributed by atoms with Gasteiger partial charge in [0, 0.05) is 25.6 Å². The van der Waals surface area contributed by atoms with E-state index in [0.29, 0.717) is 12.5 Å². The Balaban J connectivity index is 2.15. The van der Waals surface area contributed by atoms with E-state index in [1.165, 1.54) is 13.0 Å². The van der Waals surface area contributed by atoms with Crippen LogP contribution in [-0.2, 0) is 4.79 Å². The highest BCUT2D eigenvalue weighted by atomic mass is 16.1. The summed E-state index contributed by atoms with van der Waals surface area (Å²) in [6.07, 6.45) is 5.13. The average molecular weight is 212 g/mol. The first kappa shape index (κ1) is 12.5. The second-order valence-electron chi connectivity index (χ2n) is 4.46. The highest BCUT2D eigenvalue weighted by molar-refractivity contribution is 5.76. The highest BCUT2D eigenvalue weighted by Gasteiger charge is 2.22. The van der Waals surface area contributed by atoms with E-state index in [2.05, 4.69) is 24.1 Å². The molecule has 1 aliphatic heterocycles. The van der Waals surface area contributed by atoms with Crippen molar-refractivity contribution in [2.45, 2.75) is 52.0 Å². The van der Waals surface area contributed by atoms with Crippen molar-refractivity contribution < 1.29 is 4.79 Å². The Bertz CT molecular complexity index is 194. The lowest BCUT2D eigenvalue weighted by Crippen LogP contribution is -2.37. The van der Waals surface area contributed by atoms with E-state index in [-0.39, 0.29) is 5.91 Å². The van der Waals surface area contributed by atoms with Crippen LogP contribution < -0.4 is 5.32 Å². The molecule has 0 aromatic carbocycles. The first-order valence-corrected chi connectivity index (χ1v) is 6.28. The predicted octanol–water partition coefficient (Wildman–Crippen LogP) is 1.78. The smallest absolute Gasteiger partial charge is 0.220 e. The summed E-state index contributed by atoms with van der Waals surface area (Å²) in [5, 5.41) is 3.12. The molecule has 0 aromatic heterocycles. The molecule has 1 N–H and O–H groups in total.